The molecular formula is C14H22N2O3S. The second-order valence-corrected chi connectivity index (χ2v) is 7.64. The van der Waals surface area contributed by atoms with Crippen LogP contribution < -0.4 is 5.32 Å². The van der Waals surface area contributed by atoms with Gasteiger partial charge in [0.05, 0.1) is 18.0 Å². The van der Waals surface area contributed by atoms with Crippen LogP contribution in [0.1, 0.15) is 26.7 Å². The first-order valence-electron chi connectivity index (χ1n) is 6.90. The van der Waals surface area contributed by atoms with Crippen molar-refractivity contribution in [1.82, 2.24) is 4.98 Å². The van der Waals surface area contributed by atoms with Crippen LogP contribution in [-0.2, 0) is 14.6 Å². The lowest BCUT2D eigenvalue weighted by atomic mass is 9.95. The average molecular weight is 298 g/mol. The number of nitrogens with zero attached hydrogens (tertiary/aromatic N) is 1. The predicted octanol–water partition coefficient (Wildman–Crippen LogP) is 2.10. The van der Waals surface area contributed by atoms with E-state index in [1.807, 2.05) is 0 Å². The Labute approximate surface area is 120 Å². The van der Waals surface area contributed by atoms with Crippen molar-refractivity contribution in [2.45, 2.75) is 43.9 Å². The van der Waals surface area contributed by atoms with Crippen molar-refractivity contribution in [2.75, 3.05) is 18.2 Å². The third-order valence-corrected chi connectivity index (χ3v) is 4.55. The molecule has 0 aromatic carbocycles. The lowest BCUT2D eigenvalue weighted by Gasteiger charge is -2.32. The predicted molar refractivity (Wildman–Crippen MR) is 78.6 cm³/mol. The van der Waals surface area contributed by atoms with Gasteiger partial charge in [0.1, 0.15) is 0 Å². The fourth-order valence-electron chi connectivity index (χ4n) is 2.34. The van der Waals surface area contributed by atoms with Crippen molar-refractivity contribution in [1.29, 1.82) is 0 Å². The molecule has 20 heavy (non-hydrogen) atoms. The van der Waals surface area contributed by atoms with Crippen molar-refractivity contribution >= 4 is 15.5 Å². The first-order chi connectivity index (χ1) is 9.36. The molecule has 0 radical (unpaired) electrons. The third kappa shape index (κ3) is 3.93. The summed E-state index contributed by atoms with van der Waals surface area (Å²) in [6, 6.07) is 3.65. The molecule has 1 saturated heterocycles. The SMILES string of the molecule is CC(C)C1CC(Nc2ccc(S(C)(=O)=O)nc2)CCO1. The fraction of sp³-hybridized carbons (Fsp3) is 0.643. The summed E-state index contributed by atoms with van der Waals surface area (Å²) in [5.41, 5.74) is 0.854. The Morgan fingerprint density at radius 2 is 2.15 bits per heavy atom. The van der Waals surface area contributed by atoms with E-state index < -0.39 is 9.84 Å². The van der Waals surface area contributed by atoms with Crippen LogP contribution in [0.4, 0.5) is 5.69 Å². The molecule has 1 N–H and O–H groups in total. The fourth-order valence-corrected chi connectivity index (χ4v) is 2.90. The minimum atomic E-state index is -3.23. The molecule has 1 aliphatic heterocycles. The van der Waals surface area contributed by atoms with Gasteiger partial charge in [0.25, 0.3) is 0 Å². The second kappa shape index (κ2) is 6.10. The van der Waals surface area contributed by atoms with Gasteiger partial charge < -0.3 is 10.1 Å². The van der Waals surface area contributed by atoms with Gasteiger partial charge >= 0.3 is 0 Å². The lowest BCUT2D eigenvalue weighted by molar-refractivity contribution is -0.0160. The maximum absolute atomic E-state index is 11.4. The Kier molecular flexibility index (Phi) is 4.65. The Morgan fingerprint density at radius 1 is 1.40 bits per heavy atom. The molecule has 1 fully saturated rings. The molecule has 0 spiro atoms. The second-order valence-electron chi connectivity index (χ2n) is 5.68. The van der Waals surface area contributed by atoms with Gasteiger partial charge in [-0.1, -0.05) is 13.8 Å². The summed E-state index contributed by atoms with van der Waals surface area (Å²) in [4.78, 5) is 3.99. The number of nitrogens with one attached hydrogen (secondary N) is 1. The minimum absolute atomic E-state index is 0.107. The molecule has 0 amide bonds. The largest absolute Gasteiger partial charge is 0.381 e. The van der Waals surface area contributed by atoms with Gasteiger partial charge in [0.2, 0.25) is 0 Å². The number of sulfone groups is 1. The van der Waals surface area contributed by atoms with Gasteiger partial charge in [-0.2, -0.15) is 0 Å². The van der Waals surface area contributed by atoms with Gasteiger partial charge in [-0.05, 0) is 30.9 Å². The normalized spacial score (nSPS) is 23.8. The smallest absolute Gasteiger partial charge is 0.192 e. The van der Waals surface area contributed by atoms with E-state index in [2.05, 4.69) is 24.1 Å². The molecule has 1 aromatic rings. The van der Waals surface area contributed by atoms with Gasteiger partial charge in [-0.3, -0.25) is 0 Å². The number of aromatic nitrogens is 1. The van der Waals surface area contributed by atoms with Gasteiger partial charge in [0, 0.05) is 18.9 Å². The third-order valence-electron chi connectivity index (χ3n) is 3.55. The maximum Gasteiger partial charge on any atom is 0.192 e. The van der Waals surface area contributed by atoms with E-state index in [0.29, 0.717) is 12.0 Å². The Bertz CT molecular complexity index is 540. The van der Waals surface area contributed by atoms with Gasteiger partial charge in [0.15, 0.2) is 14.9 Å². The van der Waals surface area contributed by atoms with E-state index in [-0.39, 0.29) is 11.1 Å². The first kappa shape index (κ1) is 15.3. The monoisotopic (exact) mass is 298 g/mol. The zero-order chi connectivity index (χ0) is 14.8. The van der Waals surface area contributed by atoms with Gasteiger partial charge in [-0.25, -0.2) is 13.4 Å². The maximum atomic E-state index is 11.4. The van der Waals surface area contributed by atoms with Crippen LogP contribution in [0.25, 0.3) is 0 Å². The molecule has 1 aromatic heterocycles. The molecule has 2 rings (SSSR count). The Hall–Kier alpha value is -1.14. The van der Waals surface area contributed by atoms with Crippen LogP contribution in [0.5, 0.6) is 0 Å². The summed E-state index contributed by atoms with van der Waals surface area (Å²) >= 11 is 0. The van der Waals surface area contributed by atoms with Crippen molar-refractivity contribution in [3.8, 4) is 0 Å². The summed E-state index contributed by atoms with van der Waals surface area (Å²) in [5, 5.41) is 3.51. The molecular weight excluding hydrogens is 276 g/mol. The molecule has 6 heteroatoms. The van der Waals surface area contributed by atoms with Crippen LogP contribution in [0, 0.1) is 5.92 Å². The van der Waals surface area contributed by atoms with E-state index in [1.54, 1.807) is 12.3 Å². The quantitative estimate of drug-likeness (QED) is 0.922. The average Bonchev–Trinajstić information content (AvgIpc) is 2.38. The highest BCUT2D eigenvalue weighted by Gasteiger charge is 2.24. The molecule has 112 valence electrons. The summed E-state index contributed by atoms with van der Waals surface area (Å²) in [5.74, 6) is 0.505. The Morgan fingerprint density at radius 3 is 2.70 bits per heavy atom. The van der Waals surface area contributed by atoms with E-state index in [1.165, 1.54) is 6.07 Å². The number of hydrogen-bond acceptors (Lipinski definition) is 5. The zero-order valence-corrected chi connectivity index (χ0v) is 13.0. The number of anilines is 1. The molecule has 2 heterocycles. The summed E-state index contributed by atoms with van der Waals surface area (Å²) in [6.07, 6.45) is 4.94. The van der Waals surface area contributed by atoms with Crippen molar-refractivity contribution in [2.24, 2.45) is 5.92 Å². The number of rotatable bonds is 4. The highest BCUT2D eigenvalue weighted by molar-refractivity contribution is 7.90. The highest BCUT2D eigenvalue weighted by Crippen LogP contribution is 2.23. The topological polar surface area (TPSA) is 68.3 Å². The van der Waals surface area contributed by atoms with E-state index >= 15 is 0 Å². The zero-order valence-electron chi connectivity index (χ0n) is 12.2. The van der Waals surface area contributed by atoms with Crippen LogP contribution >= 0.6 is 0 Å². The van der Waals surface area contributed by atoms with Crippen molar-refractivity contribution in [3.05, 3.63) is 18.3 Å². The van der Waals surface area contributed by atoms with Crippen molar-refractivity contribution in [3.63, 3.8) is 0 Å². The molecule has 0 saturated carbocycles. The van der Waals surface area contributed by atoms with E-state index in [9.17, 15) is 8.42 Å². The molecule has 1 aliphatic rings. The highest BCUT2D eigenvalue weighted by atomic mass is 32.2. The Balaban J connectivity index is 2.00. The number of hydrogen-bond donors (Lipinski definition) is 1. The summed E-state index contributed by atoms with van der Waals surface area (Å²) in [6.45, 7) is 5.08. The molecule has 0 bridgehead atoms. The van der Waals surface area contributed by atoms with Crippen LogP contribution in [0.15, 0.2) is 23.4 Å². The molecule has 2 unspecified atom stereocenters. The molecule has 5 nitrogen and oxygen atoms in total. The number of pyridine rings is 1. The first-order valence-corrected chi connectivity index (χ1v) is 8.79. The van der Waals surface area contributed by atoms with E-state index in [0.717, 1.165) is 31.4 Å². The van der Waals surface area contributed by atoms with Gasteiger partial charge in [-0.15, -0.1) is 0 Å². The molecule has 2 atom stereocenters. The van der Waals surface area contributed by atoms with Crippen molar-refractivity contribution < 1.29 is 13.2 Å². The summed E-state index contributed by atoms with van der Waals surface area (Å²) < 4.78 is 28.4. The summed E-state index contributed by atoms with van der Waals surface area (Å²) in [7, 11) is -3.23. The molecule has 0 aliphatic carbocycles. The van der Waals surface area contributed by atoms with Crippen LogP contribution in [0.3, 0.4) is 0 Å². The minimum Gasteiger partial charge on any atom is -0.381 e. The standard InChI is InChI=1S/C14H22N2O3S/c1-10(2)13-8-11(6-7-19-13)16-12-4-5-14(15-9-12)20(3,17)18/h4-5,9-11,13,16H,6-8H2,1-3H3. The number of ether oxygens (including phenoxy) is 1. The van der Waals surface area contributed by atoms with Crippen LogP contribution in [-0.4, -0.2) is 38.4 Å². The van der Waals surface area contributed by atoms with Crippen LogP contribution in [0.2, 0.25) is 0 Å². The lowest BCUT2D eigenvalue weighted by Crippen LogP contribution is -2.36. The van der Waals surface area contributed by atoms with E-state index in [4.69, 9.17) is 4.74 Å².